The maximum Gasteiger partial charge on any atom is 0.170 e. The average Bonchev–Trinajstić information content (AvgIpc) is 2.66. The number of fused-ring (bicyclic) bond motifs is 1. The highest BCUT2D eigenvalue weighted by Crippen LogP contribution is 2.38. The van der Waals surface area contributed by atoms with Gasteiger partial charge in [-0.1, -0.05) is 6.08 Å². The SMILES string of the molecule is C=CCC1Cc2cc(OC)cc(OC)c2C1=O. The lowest BCUT2D eigenvalue weighted by molar-refractivity contribution is 0.0935. The molecule has 2 rings (SSSR count). The van der Waals surface area contributed by atoms with Crippen LogP contribution < -0.4 is 9.47 Å². The van der Waals surface area contributed by atoms with E-state index in [1.165, 1.54) is 0 Å². The zero-order valence-corrected chi connectivity index (χ0v) is 10.2. The van der Waals surface area contributed by atoms with E-state index in [0.29, 0.717) is 17.7 Å². The Morgan fingerprint density at radius 2 is 2.18 bits per heavy atom. The second kappa shape index (κ2) is 4.62. The highest BCUT2D eigenvalue weighted by molar-refractivity contribution is 6.04. The molecule has 0 aliphatic heterocycles. The van der Waals surface area contributed by atoms with Crippen LogP contribution in [-0.2, 0) is 6.42 Å². The number of Topliss-reactive ketones (excluding diaryl/α,β-unsaturated/α-hetero) is 1. The first-order valence-corrected chi connectivity index (χ1v) is 5.61. The van der Waals surface area contributed by atoms with Gasteiger partial charge in [-0.25, -0.2) is 0 Å². The quantitative estimate of drug-likeness (QED) is 0.749. The van der Waals surface area contributed by atoms with E-state index in [0.717, 1.165) is 17.7 Å². The van der Waals surface area contributed by atoms with E-state index < -0.39 is 0 Å². The molecular formula is C14H16O3. The molecule has 0 fully saturated rings. The molecule has 1 unspecified atom stereocenters. The van der Waals surface area contributed by atoms with Crippen molar-refractivity contribution in [2.75, 3.05) is 14.2 Å². The molecule has 3 heteroatoms. The molecule has 1 aliphatic rings. The van der Waals surface area contributed by atoms with Gasteiger partial charge in [0.1, 0.15) is 11.5 Å². The molecule has 1 aromatic rings. The lowest BCUT2D eigenvalue weighted by Crippen LogP contribution is -2.08. The Hall–Kier alpha value is -1.77. The molecule has 0 bridgehead atoms. The molecule has 0 heterocycles. The van der Waals surface area contributed by atoms with E-state index in [2.05, 4.69) is 6.58 Å². The Labute approximate surface area is 101 Å². The third kappa shape index (κ3) is 1.93. The van der Waals surface area contributed by atoms with Gasteiger partial charge in [-0.2, -0.15) is 0 Å². The van der Waals surface area contributed by atoms with Gasteiger partial charge in [0.15, 0.2) is 5.78 Å². The summed E-state index contributed by atoms with van der Waals surface area (Å²) in [6.45, 7) is 3.69. The second-order valence-corrected chi connectivity index (χ2v) is 4.15. The zero-order chi connectivity index (χ0) is 12.4. The van der Waals surface area contributed by atoms with Crippen molar-refractivity contribution < 1.29 is 14.3 Å². The second-order valence-electron chi connectivity index (χ2n) is 4.15. The first-order valence-electron chi connectivity index (χ1n) is 5.61. The highest BCUT2D eigenvalue weighted by Gasteiger charge is 2.33. The van der Waals surface area contributed by atoms with Crippen LogP contribution in [0.4, 0.5) is 0 Å². The van der Waals surface area contributed by atoms with Crippen LogP contribution in [-0.4, -0.2) is 20.0 Å². The number of benzene rings is 1. The number of methoxy groups -OCH3 is 2. The molecule has 17 heavy (non-hydrogen) atoms. The van der Waals surface area contributed by atoms with Gasteiger partial charge >= 0.3 is 0 Å². The summed E-state index contributed by atoms with van der Waals surface area (Å²) in [5, 5.41) is 0. The Morgan fingerprint density at radius 1 is 1.41 bits per heavy atom. The first kappa shape index (κ1) is 11.7. The van der Waals surface area contributed by atoms with Gasteiger partial charge in [0.05, 0.1) is 19.8 Å². The summed E-state index contributed by atoms with van der Waals surface area (Å²) in [5.41, 5.74) is 1.72. The molecule has 1 atom stereocenters. The Kier molecular flexibility index (Phi) is 3.18. The fraction of sp³-hybridized carbons (Fsp3) is 0.357. The molecule has 0 saturated heterocycles. The number of hydrogen-bond donors (Lipinski definition) is 0. The van der Waals surface area contributed by atoms with Gasteiger partial charge in [-0.05, 0) is 24.5 Å². The predicted octanol–water partition coefficient (Wildman–Crippen LogP) is 2.63. The number of hydrogen-bond acceptors (Lipinski definition) is 3. The van der Waals surface area contributed by atoms with E-state index in [-0.39, 0.29) is 11.7 Å². The largest absolute Gasteiger partial charge is 0.497 e. The fourth-order valence-electron chi connectivity index (χ4n) is 2.32. The van der Waals surface area contributed by atoms with Crippen molar-refractivity contribution >= 4 is 5.78 Å². The normalized spacial score (nSPS) is 17.8. The van der Waals surface area contributed by atoms with Crippen LogP contribution in [0.1, 0.15) is 22.3 Å². The summed E-state index contributed by atoms with van der Waals surface area (Å²) in [7, 11) is 3.18. The van der Waals surface area contributed by atoms with E-state index in [1.54, 1.807) is 26.4 Å². The monoisotopic (exact) mass is 232 g/mol. The average molecular weight is 232 g/mol. The minimum Gasteiger partial charge on any atom is -0.497 e. The van der Waals surface area contributed by atoms with Crippen LogP contribution in [0.2, 0.25) is 0 Å². The minimum absolute atomic E-state index is 0.00325. The fourth-order valence-corrected chi connectivity index (χ4v) is 2.32. The molecule has 90 valence electrons. The lowest BCUT2D eigenvalue weighted by Gasteiger charge is -2.08. The number of allylic oxidation sites excluding steroid dienone is 1. The van der Waals surface area contributed by atoms with Crippen molar-refractivity contribution in [2.45, 2.75) is 12.8 Å². The van der Waals surface area contributed by atoms with Crippen LogP contribution in [0, 0.1) is 5.92 Å². The van der Waals surface area contributed by atoms with Gasteiger partial charge < -0.3 is 9.47 Å². The van der Waals surface area contributed by atoms with E-state index in [9.17, 15) is 4.79 Å². The van der Waals surface area contributed by atoms with Gasteiger partial charge in [0.25, 0.3) is 0 Å². The standard InChI is InChI=1S/C14H16O3/c1-4-5-9-6-10-7-11(16-2)8-12(17-3)13(10)14(9)15/h4,7-9H,1,5-6H2,2-3H3. The summed E-state index contributed by atoms with van der Waals surface area (Å²) < 4.78 is 10.5. The van der Waals surface area contributed by atoms with Crippen LogP contribution >= 0.6 is 0 Å². The number of rotatable bonds is 4. The molecule has 3 nitrogen and oxygen atoms in total. The molecule has 0 radical (unpaired) electrons. The number of carbonyl (C=O) groups excluding carboxylic acids is 1. The van der Waals surface area contributed by atoms with Crippen LogP contribution in [0.5, 0.6) is 11.5 Å². The molecule has 0 N–H and O–H groups in total. The van der Waals surface area contributed by atoms with E-state index in [4.69, 9.17) is 9.47 Å². The maximum absolute atomic E-state index is 12.2. The molecule has 1 aromatic carbocycles. The Bertz CT molecular complexity index is 463. The molecule has 0 aromatic heterocycles. The summed E-state index contributed by atoms with van der Waals surface area (Å²) >= 11 is 0. The van der Waals surface area contributed by atoms with Gasteiger partial charge in [0.2, 0.25) is 0 Å². The zero-order valence-electron chi connectivity index (χ0n) is 10.2. The summed E-state index contributed by atoms with van der Waals surface area (Å²) in [6, 6.07) is 3.67. The molecule has 0 amide bonds. The van der Waals surface area contributed by atoms with Crippen molar-refractivity contribution in [2.24, 2.45) is 5.92 Å². The van der Waals surface area contributed by atoms with Gasteiger partial charge in [-0.3, -0.25) is 4.79 Å². The molecule has 1 aliphatic carbocycles. The summed E-state index contributed by atoms with van der Waals surface area (Å²) in [5.74, 6) is 1.49. The number of ether oxygens (including phenoxy) is 2. The summed E-state index contributed by atoms with van der Waals surface area (Å²) in [6.07, 6.45) is 3.24. The summed E-state index contributed by atoms with van der Waals surface area (Å²) in [4.78, 5) is 12.2. The minimum atomic E-state index is 0.00325. The van der Waals surface area contributed by atoms with E-state index in [1.807, 2.05) is 6.07 Å². The van der Waals surface area contributed by atoms with Crippen LogP contribution in [0.15, 0.2) is 24.8 Å². The maximum atomic E-state index is 12.2. The first-order chi connectivity index (χ1) is 8.21. The highest BCUT2D eigenvalue weighted by atomic mass is 16.5. The lowest BCUT2D eigenvalue weighted by atomic mass is 10.0. The van der Waals surface area contributed by atoms with Crippen molar-refractivity contribution in [1.82, 2.24) is 0 Å². The van der Waals surface area contributed by atoms with Crippen molar-refractivity contribution in [3.63, 3.8) is 0 Å². The Morgan fingerprint density at radius 3 is 2.76 bits per heavy atom. The van der Waals surface area contributed by atoms with Crippen LogP contribution in [0.25, 0.3) is 0 Å². The van der Waals surface area contributed by atoms with Crippen LogP contribution in [0.3, 0.4) is 0 Å². The Balaban J connectivity index is 2.46. The smallest absolute Gasteiger partial charge is 0.170 e. The van der Waals surface area contributed by atoms with E-state index >= 15 is 0 Å². The van der Waals surface area contributed by atoms with Crippen molar-refractivity contribution in [1.29, 1.82) is 0 Å². The molecule has 0 spiro atoms. The third-order valence-electron chi connectivity index (χ3n) is 3.15. The van der Waals surface area contributed by atoms with Gasteiger partial charge in [-0.15, -0.1) is 6.58 Å². The predicted molar refractivity (Wildman–Crippen MR) is 65.9 cm³/mol. The van der Waals surface area contributed by atoms with Crippen molar-refractivity contribution in [3.8, 4) is 11.5 Å². The van der Waals surface area contributed by atoms with Gasteiger partial charge in [0, 0.05) is 12.0 Å². The third-order valence-corrected chi connectivity index (χ3v) is 3.15. The molecule has 0 saturated carbocycles. The number of carbonyl (C=O) groups is 1. The number of ketones is 1. The van der Waals surface area contributed by atoms with Crippen molar-refractivity contribution in [3.05, 3.63) is 35.9 Å². The topological polar surface area (TPSA) is 35.5 Å². The molecular weight excluding hydrogens is 216 g/mol.